The Hall–Kier alpha value is -1.89. The van der Waals surface area contributed by atoms with Crippen LogP contribution in [0.4, 0.5) is 17.3 Å². The molecule has 2 N–H and O–H groups in total. The zero-order valence-electron chi connectivity index (χ0n) is 10.4. The largest absolute Gasteiger partial charge is 0.378 e. The molecule has 0 unspecified atom stereocenters. The van der Waals surface area contributed by atoms with Crippen molar-refractivity contribution in [3.05, 3.63) is 22.2 Å². The molecule has 0 aliphatic carbocycles. The van der Waals surface area contributed by atoms with E-state index in [1.165, 1.54) is 6.07 Å². The monoisotopic (exact) mass is 252 g/mol. The minimum atomic E-state index is -0.531. The summed E-state index contributed by atoms with van der Waals surface area (Å²) < 4.78 is 5.42. The van der Waals surface area contributed by atoms with Gasteiger partial charge in [0.25, 0.3) is 0 Å². The number of ether oxygens (including phenoxy) is 1. The molecule has 0 saturated carbocycles. The highest BCUT2D eigenvalue weighted by Crippen LogP contribution is 2.29. The number of rotatable bonds is 2. The van der Waals surface area contributed by atoms with E-state index in [-0.39, 0.29) is 17.0 Å². The molecule has 18 heavy (non-hydrogen) atoms. The first-order chi connectivity index (χ1) is 8.42. The molecular formula is C11H16N4O3. The van der Waals surface area contributed by atoms with Crippen molar-refractivity contribution < 1.29 is 9.66 Å². The molecule has 1 aromatic rings. The molecule has 0 aromatic carbocycles. The first-order valence-corrected chi connectivity index (χ1v) is 5.68. The Balaban J connectivity index is 2.34. The molecule has 1 aliphatic rings. The van der Waals surface area contributed by atoms with Crippen LogP contribution in [-0.2, 0) is 4.74 Å². The Kier molecular flexibility index (Phi) is 3.08. The lowest BCUT2D eigenvalue weighted by atomic mass is 10.0. The van der Waals surface area contributed by atoms with Crippen molar-refractivity contribution in [3.63, 3.8) is 0 Å². The number of hydrogen-bond donors (Lipinski definition) is 1. The van der Waals surface area contributed by atoms with Crippen molar-refractivity contribution >= 4 is 17.3 Å². The van der Waals surface area contributed by atoms with Crippen LogP contribution in [0.2, 0.25) is 0 Å². The van der Waals surface area contributed by atoms with Crippen LogP contribution in [0.25, 0.3) is 0 Å². The lowest BCUT2D eigenvalue weighted by Gasteiger charge is -2.42. The van der Waals surface area contributed by atoms with Crippen LogP contribution in [0, 0.1) is 10.1 Å². The van der Waals surface area contributed by atoms with Crippen LogP contribution in [0.5, 0.6) is 0 Å². The van der Waals surface area contributed by atoms with Gasteiger partial charge in [0.1, 0.15) is 5.82 Å². The number of nitro groups is 1. The first-order valence-electron chi connectivity index (χ1n) is 5.68. The Bertz CT molecular complexity index is 475. The summed E-state index contributed by atoms with van der Waals surface area (Å²) in [4.78, 5) is 16.3. The fraction of sp³-hybridized carbons (Fsp3) is 0.545. The van der Waals surface area contributed by atoms with Gasteiger partial charge in [-0.2, -0.15) is 0 Å². The quantitative estimate of drug-likeness (QED) is 0.627. The zero-order valence-corrected chi connectivity index (χ0v) is 10.4. The summed E-state index contributed by atoms with van der Waals surface area (Å²) in [6, 6.07) is 3.02. The number of anilines is 2. The van der Waals surface area contributed by atoms with E-state index >= 15 is 0 Å². The van der Waals surface area contributed by atoms with Crippen LogP contribution in [-0.4, -0.2) is 35.2 Å². The van der Waals surface area contributed by atoms with Gasteiger partial charge in [0.15, 0.2) is 0 Å². The maximum Gasteiger partial charge on any atom is 0.311 e. The van der Waals surface area contributed by atoms with Gasteiger partial charge in [0.05, 0.1) is 23.7 Å². The normalized spacial score (nSPS) is 18.7. The van der Waals surface area contributed by atoms with E-state index in [0.717, 1.165) is 0 Å². The predicted octanol–water partition coefficient (Wildman–Crippen LogP) is 1.19. The van der Waals surface area contributed by atoms with Gasteiger partial charge in [-0.15, -0.1) is 0 Å². The molecule has 2 heterocycles. The number of hydrogen-bond acceptors (Lipinski definition) is 6. The fourth-order valence-corrected chi connectivity index (χ4v) is 2.04. The molecular weight excluding hydrogens is 236 g/mol. The average molecular weight is 252 g/mol. The third-order valence-corrected chi connectivity index (χ3v) is 3.01. The smallest absolute Gasteiger partial charge is 0.311 e. The van der Waals surface area contributed by atoms with Crippen molar-refractivity contribution in [2.24, 2.45) is 0 Å². The highest BCUT2D eigenvalue weighted by molar-refractivity contribution is 5.58. The van der Waals surface area contributed by atoms with Gasteiger partial charge in [-0.05, 0) is 19.9 Å². The van der Waals surface area contributed by atoms with E-state index in [1.54, 1.807) is 6.07 Å². The van der Waals surface area contributed by atoms with Crippen LogP contribution in [0.15, 0.2) is 12.1 Å². The number of pyridine rings is 1. The third-order valence-electron chi connectivity index (χ3n) is 3.01. The molecule has 1 aliphatic heterocycles. The summed E-state index contributed by atoms with van der Waals surface area (Å²) in [6.07, 6.45) is 0. The van der Waals surface area contributed by atoms with Crippen LogP contribution >= 0.6 is 0 Å². The molecule has 98 valence electrons. The van der Waals surface area contributed by atoms with E-state index in [2.05, 4.69) is 9.88 Å². The summed E-state index contributed by atoms with van der Waals surface area (Å²) >= 11 is 0. The van der Waals surface area contributed by atoms with Crippen molar-refractivity contribution in [3.8, 4) is 0 Å². The van der Waals surface area contributed by atoms with Gasteiger partial charge in [0.2, 0.25) is 5.82 Å². The van der Waals surface area contributed by atoms with E-state index < -0.39 is 4.92 Å². The topological polar surface area (TPSA) is 94.5 Å². The van der Waals surface area contributed by atoms with Crippen LogP contribution in [0.1, 0.15) is 13.8 Å². The highest BCUT2D eigenvalue weighted by atomic mass is 16.6. The second-order valence-corrected chi connectivity index (χ2v) is 4.85. The Morgan fingerprint density at radius 1 is 1.56 bits per heavy atom. The standard InChI is InChI=1S/C11H16N4O3/c1-11(2)7-18-6-5-14(11)9-4-3-8(15(16)17)10(12)13-9/h3-4H,5-7H2,1-2H3,(H2,12,13). The molecule has 1 saturated heterocycles. The molecule has 1 fully saturated rings. The fourth-order valence-electron chi connectivity index (χ4n) is 2.04. The number of aromatic nitrogens is 1. The van der Waals surface area contributed by atoms with Crippen LogP contribution in [0.3, 0.4) is 0 Å². The number of morpholine rings is 1. The SMILES string of the molecule is CC1(C)COCCN1c1ccc([N+](=O)[O-])c(N)n1. The lowest BCUT2D eigenvalue weighted by Crippen LogP contribution is -2.53. The Morgan fingerprint density at radius 2 is 2.28 bits per heavy atom. The minimum Gasteiger partial charge on any atom is -0.378 e. The van der Waals surface area contributed by atoms with Crippen LogP contribution < -0.4 is 10.6 Å². The maximum absolute atomic E-state index is 10.7. The van der Waals surface area contributed by atoms with Gasteiger partial charge >= 0.3 is 5.69 Å². The lowest BCUT2D eigenvalue weighted by molar-refractivity contribution is -0.384. The van der Waals surface area contributed by atoms with Gasteiger partial charge < -0.3 is 15.4 Å². The van der Waals surface area contributed by atoms with E-state index in [4.69, 9.17) is 10.5 Å². The zero-order chi connectivity index (χ0) is 13.3. The molecule has 7 heteroatoms. The molecule has 0 bridgehead atoms. The second-order valence-electron chi connectivity index (χ2n) is 4.85. The minimum absolute atomic E-state index is 0.0557. The summed E-state index contributed by atoms with van der Waals surface area (Å²) in [6.45, 7) is 5.96. The van der Waals surface area contributed by atoms with E-state index in [1.807, 2.05) is 13.8 Å². The molecule has 0 amide bonds. The Labute approximate surface area is 105 Å². The molecule has 1 aromatic heterocycles. The van der Waals surface area contributed by atoms with E-state index in [9.17, 15) is 10.1 Å². The van der Waals surface area contributed by atoms with Gasteiger partial charge in [-0.3, -0.25) is 10.1 Å². The third kappa shape index (κ3) is 2.21. The molecule has 0 radical (unpaired) electrons. The van der Waals surface area contributed by atoms with E-state index in [0.29, 0.717) is 25.6 Å². The molecule has 2 rings (SSSR count). The molecule has 0 atom stereocenters. The second kappa shape index (κ2) is 4.41. The number of nitrogens with zero attached hydrogens (tertiary/aromatic N) is 3. The van der Waals surface area contributed by atoms with Gasteiger partial charge in [-0.1, -0.05) is 0 Å². The molecule has 7 nitrogen and oxygen atoms in total. The summed E-state index contributed by atoms with van der Waals surface area (Å²) in [5, 5.41) is 10.7. The summed E-state index contributed by atoms with van der Waals surface area (Å²) in [5.41, 5.74) is 5.24. The Morgan fingerprint density at radius 3 is 2.83 bits per heavy atom. The average Bonchev–Trinajstić information content (AvgIpc) is 2.27. The van der Waals surface area contributed by atoms with Gasteiger partial charge in [0, 0.05) is 12.6 Å². The van der Waals surface area contributed by atoms with Crippen molar-refractivity contribution in [1.82, 2.24) is 4.98 Å². The van der Waals surface area contributed by atoms with Crippen molar-refractivity contribution in [2.75, 3.05) is 30.4 Å². The predicted molar refractivity (Wildman–Crippen MR) is 67.5 cm³/mol. The van der Waals surface area contributed by atoms with Crippen molar-refractivity contribution in [2.45, 2.75) is 19.4 Å². The summed E-state index contributed by atoms with van der Waals surface area (Å²) in [7, 11) is 0. The first kappa shape index (κ1) is 12.6. The summed E-state index contributed by atoms with van der Waals surface area (Å²) in [5.74, 6) is 0.589. The maximum atomic E-state index is 10.7. The molecule has 0 spiro atoms. The highest BCUT2D eigenvalue weighted by Gasteiger charge is 2.32. The number of nitrogen functional groups attached to an aromatic ring is 1. The number of nitrogens with two attached hydrogens (primary N) is 1. The van der Waals surface area contributed by atoms with Gasteiger partial charge in [-0.25, -0.2) is 4.98 Å². The van der Waals surface area contributed by atoms with Crippen molar-refractivity contribution in [1.29, 1.82) is 0 Å².